The summed E-state index contributed by atoms with van der Waals surface area (Å²) in [4.78, 5) is 0. The van der Waals surface area contributed by atoms with E-state index in [1.54, 1.807) is 0 Å². The molecule has 6 unspecified atom stereocenters. The molecule has 6 atom stereocenters. The molecule has 7 rings (SSSR count). The Hall–Kier alpha value is 0.115. The van der Waals surface area contributed by atoms with Crippen LogP contribution in [0.1, 0.15) is 77.0 Å². The maximum absolute atomic E-state index is 2.93. The van der Waals surface area contributed by atoms with Gasteiger partial charge in [0, 0.05) is 0 Å². The monoisotopic (exact) mass is 840 g/mol. The number of benzene rings is 1. The van der Waals surface area contributed by atoms with Crippen LogP contribution in [0, 0.1) is 0 Å². The second kappa shape index (κ2) is 13.2. The molecule has 0 aliphatic heterocycles. The van der Waals surface area contributed by atoms with E-state index in [2.05, 4.69) is 91.1 Å². The van der Waals surface area contributed by atoms with E-state index >= 15 is 0 Å². The van der Waals surface area contributed by atoms with E-state index in [4.69, 9.17) is 0 Å². The second-order valence-corrected chi connectivity index (χ2v) is 35.1. The van der Waals surface area contributed by atoms with Crippen molar-refractivity contribution in [2.45, 2.75) is 100 Å². The molecule has 204 valence electrons. The van der Waals surface area contributed by atoms with Crippen molar-refractivity contribution in [3.05, 3.63) is 91.1 Å². The van der Waals surface area contributed by atoms with Crippen molar-refractivity contribution >= 4 is 71.2 Å². The van der Waals surface area contributed by atoms with Crippen LogP contribution in [0.5, 0.6) is 0 Å². The van der Waals surface area contributed by atoms with Gasteiger partial charge in [-0.3, -0.25) is 0 Å². The van der Waals surface area contributed by atoms with Gasteiger partial charge in [0.1, 0.15) is 0 Å². The Morgan fingerprint density at radius 2 is 0.538 bits per heavy atom. The molecule has 39 heavy (non-hydrogen) atoms. The van der Waals surface area contributed by atoms with Gasteiger partial charge in [0.25, 0.3) is 0 Å². The molecule has 0 N–H and O–H groups in total. The molecule has 0 aromatic heterocycles. The minimum absolute atomic E-state index is 0.912. The fourth-order valence-electron chi connectivity index (χ4n) is 8.00. The van der Waals surface area contributed by atoms with Gasteiger partial charge in [0.2, 0.25) is 0 Å². The van der Waals surface area contributed by atoms with Crippen LogP contribution < -0.4 is 10.5 Å². The summed E-state index contributed by atoms with van der Waals surface area (Å²) in [6.07, 6.45) is 48.0. The van der Waals surface area contributed by atoms with Crippen molar-refractivity contribution in [3.63, 3.8) is 0 Å². The average Bonchev–Trinajstić information content (AvgIpc) is 3.80. The molecule has 1 aromatic carbocycles. The Bertz CT molecular complexity index is 976. The third-order valence-corrected chi connectivity index (χ3v) is 36.8. The van der Waals surface area contributed by atoms with Gasteiger partial charge in [-0.2, -0.15) is 0 Å². The van der Waals surface area contributed by atoms with Gasteiger partial charge >= 0.3 is 263 Å². The number of hydrogen-bond donors (Lipinski definition) is 0. The topological polar surface area (TPSA) is 0 Å². The third kappa shape index (κ3) is 6.12. The van der Waals surface area contributed by atoms with Crippen LogP contribution in [-0.2, 0) is 0 Å². The molecule has 6 aliphatic carbocycles. The molecule has 0 bridgehead atoms. The van der Waals surface area contributed by atoms with Gasteiger partial charge in [0.15, 0.2) is 0 Å². The van der Waals surface area contributed by atoms with Crippen LogP contribution in [0.3, 0.4) is 0 Å². The van der Waals surface area contributed by atoms with E-state index in [1.165, 1.54) is 77.0 Å². The molecular formula is C36H45Sb3. The first-order valence-electron chi connectivity index (χ1n) is 15.9. The summed E-state index contributed by atoms with van der Waals surface area (Å²) < 4.78 is 11.3. The Labute approximate surface area is 259 Å². The quantitative estimate of drug-likeness (QED) is 0.174. The number of allylic oxidation sites excluding steroid dienone is 12. The van der Waals surface area contributed by atoms with E-state index in [-0.39, 0.29) is 0 Å². The van der Waals surface area contributed by atoms with Crippen LogP contribution in [0.15, 0.2) is 91.1 Å². The number of rotatable bonds is 9. The van der Waals surface area contributed by atoms with Crippen molar-refractivity contribution in [1.82, 2.24) is 0 Å². The standard InChI is InChI=1S/C6H3.6C5H7.3Sb/c1-2-4-6-5-3-1;6*1-2-4-5-3-1;;;/h1,4-5H;6*1-3H,4-5H2;;;. The van der Waals surface area contributed by atoms with Gasteiger partial charge in [-0.25, -0.2) is 0 Å². The summed E-state index contributed by atoms with van der Waals surface area (Å²) in [5, 5.41) is 0. The van der Waals surface area contributed by atoms with Gasteiger partial charge in [-0.05, 0) is 0 Å². The van der Waals surface area contributed by atoms with Gasteiger partial charge in [0.05, 0.1) is 0 Å². The van der Waals surface area contributed by atoms with E-state index in [9.17, 15) is 0 Å². The van der Waals surface area contributed by atoms with Gasteiger partial charge < -0.3 is 0 Å². The zero-order valence-corrected chi connectivity index (χ0v) is 31.1. The summed E-state index contributed by atoms with van der Waals surface area (Å²) >= 11 is -5.24. The molecule has 0 heterocycles. The second-order valence-electron chi connectivity index (χ2n) is 12.4. The Balaban J connectivity index is 1.37. The molecule has 1 aromatic rings. The normalized spacial score (nSPS) is 33.0. The van der Waals surface area contributed by atoms with Gasteiger partial charge in [-0.15, -0.1) is 0 Å². The molecule has 0 spiro atoms. The van der Waals surface area contributed by atoms with E-state index in [1.807, 2.05) is 10.5 Å². The summed E-state index contributed by atoms with van der Waals surface area (Å²) in [6, 6.07) is 8.79. The van der Waals surface area contributed by atoms with Crippen LogP contribution in [0.4, 0.5) is 0 Å². The molecular weight excluding hydrogens is 798 g/mol. The molecule has 0 amide bonds. The Morgan fingerprint density at radius 1 is 0.333 bits per heavy atom. The molecule has 6 aliphatic rings. The van der Waals surface area contributed by atoms with Crippen molar-refractivity contribution in [2.75, 3.05) is 0 Å². The molecule has 0 radical (unpaired) electrons. The molecule has 0 nitrogen and oxygen atoms in total. The van der Waals surface area contributed by atoms with E-state index in [0.29, 0.717) is 0 Å². The molecule has 0 fully saturated rings. The first-order chi connectivity index (χ1) is 19.3. The zero-order valence-electron chi connectivity index (χ0n) is 23.5. The SMILES string of the molecule is C1=C[CH]([Sb]([c]2c[c]([Sb]([CH]3C=CCC3)[CH]3C=CCC3)c[c]([Sb]([CH]3C=CCC3)[CH]3C=CCC3)c2)[CH]2C=CCC2)CC1. The molecule has 0 saturated heterocycles. The molecule has 3 heteroatoms. The van der Waals surface area contributed by atoms with Crippen LogP contribution in [0.25, 0.3) is 0 Å². The fraction of sp³-hybridized carbons (Fsp3) is 0.500. The summed E-state index contributed by atoms with van der Waals surface area (Å²) in [7, 11) is 0. The first kappa shape index (κ1) is 27.9. The number of hydrogen-bond acceptors (Lipinski definition) is 0. The van der Waals surface area contributed by atoms with Crippen LogP contribution in [0.2, 0.25) is 23.2 Å². The first-order valence-corrected chi connectivity index (χ1v) is 28.5. The van der Waals surface area contributed by atoms with Crippen molar-refractivity contribution in [1.29, 1.82) is 0 Å². The van der Waals surface area contributed by atoms with Crippen molar-refractivity contribution in [2.24, 2.45) is 0 Å². The summed E-state index contributed by atoms with van der Waals surface area (Å²) in [5.41, 5.74) is 0. The Morgan fingerprint density at radius 3 is 0.692 bits per heavy atom. The van der Waals surface area contributed by atoms with Gasteiger partial charge in [-0.1, -0.05) is 0 Å². The predicted molar refractivity (Wildman–Crippen MR) is 175 cm³/mol. The third-order valence-electron chi connectivity index (χ3n) is 9.85. The minimum atomic E-state index is -1.75. The van der Waals surface area contributed by atoms with Crippen LogP contribution in [-0.4, -0.2) is 60.6 Å². The van der Waals surface area contributed by atoms with E-state index in [0.717, 1.165) is 23.2 Å². The van der Waals surface area contributed by atoms with Crippen molar-refractivity contribution in [3.8, 4) is 0 Å². The van der Waals surface area contributed by atoms with Crippen molar-refractivity contribution < 1.29 is 0 Å². The summed E-state index contributed by atoms with van der Waals surface area (Å²) in [5.74, 6) is 0. The zero-order chi connectivity index (χ0) is 26.0. The summed E-state index contributed by atoms with van der Waals surface area (Å²) in [6.45, 7) is 0. The van der Waals surface area contributed by atoms with Crippen LogP contribution >= 0.6 is 0 Å². The maximum atomic E-state index is 2.93. The predicted octanol–water partition coefficient (Wildman–Crippen LogP) is 8.11. The fourth-order valence-corrected chi connectivity index (χ4v) is 39.0. The Kier molecular flexibility index (Phi) is 9.44. The average molecular weight is 843 g/mol. The molecule has 0 saturated carbocycles. The van der Waals surface area contributed by atoms with E-state index < -0.39 is 60.6 Å².